The number of hydrogen-bond donors (Lipinski definition) is 2. The summed E-state index contributed by atoms with van der Waals surface area (Å²) in [6.07, 6.45) is 3.21. The second-order valence-corrected chi connectivity index (χ2v) is 5.66. The Kier molecular flexibility index (Phi) is 6.81. The number of nitrogens with one attached hydrogen (secondary N) is 1. The molecule has 3 unspecified atom stereocenters. The van der Waals surface area contributed by atoms with Crippen molar-refractivity contribution in [2.75, 3.05) is 6.61 Å². The Balaban J connectivity index is 2.31. The van der Waals surface area contributed by atoms with E-state index in [2.05, 4.69) is 5.32 Å². The Morgan fingerprint density at radius 1 is 1.48 bits per heavy atom. The number of carbonyl (C=O) groups is 3. The third-order valence-electron chi connectivity index (χ3n) is 4.11. The highest BCUT2D eigenvalue weighted by atomic mass is 16.5. The van der Waals surface area contributed by atoms with Gasteiger partial charge < -0.3 is 15.8 Å². The molecule has 0 saturated carbocycles. The van der Waals surface area contributed by atoms with Gasteiger partial charge in [-0.3, -0.25) is 14.4 Å². The first kappa shape index (κ1) is 17.6. The van der Waals surface area contributed by atoms with E-state index in [4.69, 9.17) is 10.5 Å². The minimum atomic E-state index is -0.541. The van der Waals surface area contributed by atoms with Crippen molar-refractivity contribution in [1.82, 2.24) is 5.32 Å². The first-order valence-electron chi connectivity index (χ1n) is 7.44. The zero-order valence-electron chi connectivity index (χ0n) is 12.9. The number of nitrogens with two attached hydrogens (primary N) is 1. The highest BCUT2D eigenvalue weighted by molar-refractivity contribution is 5.94. The third kappa shape index (κ3) is 5.12. The van der Waals surface area contributed by atoms with Crippen LogP contribution in [-0.2, 0) is 19.1 Å². The van der Waals surface area contributed by atoms with Gasteiger partial charge in [-0.15, -0.1) is 0 Å². The van der Waals surface area contributed by atoms with Crippen LogP contribution in [0.1, 0.15) is 40.0 Å². The fourth-order valence-electron chi connectivity index (χ4n) is 2.33. The van der Waals surface area contributed by atoms with Gasteiger partial charge in [-0.2, -0.15) is 0 Å². The van der Waals surface area contributed by atoms with Gasteiger partial charge in [-0.05, 0) is 25.2 Å². The molecule has 3 N–H and O–H groups in total. The van der Waals surface area contributed by atoms with E-state index >= 15 is 0 Å². The average Bonchev–Trinajstić information content (AvgIpc) is 2.78. The molecule has 6 nitrogen and oxygen atoms in total. The van der Waals surface area contributed by atoms with Gasteiger partial charge >= 0.3 is 0 Å². The molecule has 0 aromatic heterocycles. The molecule has 2 amide bonds. The predicted molar refractivity (Wildman–Crippen MR) is 78.0 cm³/mol. The smallest absolute Gasteiger partial charge is 0.224 e. The first-order valence-corrected chi connectivity index (χ1v) is 7.44. The molecule has 1 radical (unpaired) electrons. The van der Waals surface area contributed by atoms with Crippen LogP contribution in [-0.4, -0.2) is 36.4 Å². The van der Waals surface area contributed by atoms with Crippen LogP contribution in [0.5, 0.6) is 0 Å². The molecule has 1 rings (SSSR count). The molecule has 21 heavy (non-hydrogen) atoms. The SMILES string of the molecule is CC[C@@H]1OCC(=O)C1NC(=O)[CH]CCC(C)C(C)C(N)=O. The number of carbonyl (C=O) groups excluding carboxylic acids is 3. The molecule has 4 atom stereocenters. The summed E-state index contributed by atoms with van der Waals surface area (Å²) in [7, 11) is 0. The summed E-state index contributed by atoms with van der Waals surface area (Å²) in [5.74, 6) is -0.774. The third-order valence-corrected chi connectivity index (χ3v) is 4.11. The van der Waals surface area contributed by atoms with Gasteiger partial charge in [0.25, 0.3) is 0 Å². The van der Waals surface area contributed by atoms with Gasteiger partial charge in [-0.25, -0.2) is 0 Å². The first-order chi connectivity index (χ1) is 9.86. The largest absolute Gasteiger partial charge is 0.369 e. The molecule has 1 saturated heterocycles. The molecule has 0 aromatic carbocycles. The van der Waals surface area contributed by atoms with E-state index in [1.54, 1.807) is 6.92 Å². The van der Waals surface area contributed by atoms with Gasteiger partial charge in [0.15, 0.2) is 5.78 Å². The zero-order valence-corrected chi connectivity index (χ0v) is 12.9. The van der Waals surface area contributed by atoms with E-state index < -0.39 is 6.04 Å². The molecule has 1 heterocycles. The highest BCUT2D eigenvalue weighted by Crippen LogP contribution is 2.18. The van der Waals surface area contributed by atoms with Gasteiger partial charge in [0.05, 0.1) is 6.10 Å². The van der Waals surface area contributed by atoms with Gasteiger partial charge in [-0.1, -0.05) is 20.8 Å². The summed E-state index contributed by atoms with van der Waals surface area (Å²) >= 11 is 0. The molecule has 1 aliphatic rings. The Labute approximate surface area is 125 Å². The van der Waals surface area contributed by atoms with Crippen LogP contribution in [0.2, 0.25) is 0 Å². The van der Waals surface area contributed by atoms with Crippen molar-refractivity contribution in [2.45, 2.75) is 52.2 Å². The molecule has 0 aliphatic carbocycles. The van der Waals surface area contributed by atoms with Crippen molar-refractivity contribution in [1.29, 1.82) is 0 Å². The molecule has 6 heteroatoms. The lowest BCUT2D eigenvalue weighted by atomic mass is 9.90. The second kappa shape index (κ2) is 8.12. The van der Waals surface area contributed by atoms with Crippen molar-refractivity contribution in [3.05, 3.63) is 6.42 Å². The zero-order chi connectivity index (χ0) is 16.0. The van der Waals surface area contributed by atoms with Crippen LogP contribution >= 0.6 is 0 Å². The van der Waals surface area contributed by atoms with Crippen molar-refractivity contribution in [2.24, 2.45) is 17.6 Å². The van der Waals surface area contributed by atoms with Crippen LogP contribution in [0.3, 0.4) is 0 Å². The molecule has 1 fully saturated rings. The average molecular weight is 297 g/mol. The maximum Gasteiger partial charge on any atom is 0.224 e. The van der Waals surface area contributed by atoms with E-state index in [-0.39, 0.29) is 42.1 Å². The van der Waals surface area contributed by atoms with Crippen LogP contribution in [0.4, 0.5) is 0 Å². The number of hydrogen-bond acceptors (Lipinski definition) is 4. The van der Waals surface area contributed by atoms with Crippen LogP contribution in [0.15, 0.2) is 0 Å². The normalized spacial score (nSPS) is 24.6. The lowest BCUT2D eigenvalue weighted by molar-refractivity contribution is -0.124. The Morgan fingerprint density at radius 3 is 2.71 bits per heavy atom. The summed E-state index contributed by atoms with van der Waals surface area (Å²) in [6, 6.07) is -0.541. The number of rotatable bonds is 8. The minimum Gasteiger partial charge on any atom is -0.369 e. The number of Topliss-reactive ketones (excluding diaryl/α,β-unsaturated/α-hetero) is 1. The van der Waals surface area contributed by atoms with E-state index in [1.807, 2.05) is 13.8 Å². The molecular weight excluding hydrogens is 272 g/mol. The fourth-order valence-corrected chi connectivity index (χ4v) is 2.33. The van der Waals surface area contributed by atoms with Crippen molar-refractivity contribution in [3.8, 4) is 0 Å². The fraction of sp³-hybridized carbons (Fsp3) is 0.733. The summed E-state index contributed by atoms with van der Waals surface area (Å²) < 4.78 is 5.30. The lowest BCUT2D eigenvalue weighted by Crippen LogP contribution is -2.44. The molecule has 0 bridgehead atoms. The van der Waals surface area contributed by atoms with Crippen molar-refractivity contribution in [3.63, 3.8) is 0 Å². The lowest BCUT2D eigenvalue weighted by Gasteiger charge is -2.18. The molecule has 119 valence electrons. The second-order valence-electron chi connectivity index (χ2n) is 5.66. The number of ether oxygens (including phenoxy) is 1. The maximum atomic E-state index is 11.8. The molecule has 0 aromatic rings. The van der Waals surface area contributed by atoms with Crippen LogP contribution in [0.25, 0.3) is 0 Å². The number of ketones is 1. The van der Waals surface area contributed by atoms with E-state index in [0.29, 0.717) is 19.3 Å². The Morgan fingerprint density at radius 2 is 2.14 bits per heavy atom. The molecular formula is C15H25N2O4. The standard InChI is InChI=1S/C15H25N2O4/c1-4-12-14(11(18)8-21-12)17-13(19)7-5-6-9(2)10(3)15(16)20/h7,9-10,12,14H,4-6,8H2,1-3H3,(H2,16,20)(H,17,19)/t9?,10?,12-,14?/m0/s1. The maximum absolute atomic E-state index is 11.8. The van der Waals surface area contributed by atoms with E-state index in [0.717, 1.165) is 0 Å². The number of amides is 2. The summed E-state index contributed by atoms with van der Waals surface area (Å²) in [5.41, 5.74) is 5.24. The topological polar surface area (TPSA) is 98.5 Å². The Bertz CT molecular complexity index is 397. The van der Waals surface area contributed by atoms with Crippen LogP contribution < -0.4 is 11.1 Å². The summed E-state index contributed by atoms with van der Waals surface area (Å²) in [5, 5.41) is 2.69. The van der Waals surface area contributed by atoms with Gasteiger partial charge in [0.1, 0.15) is 12.6 Å². The predicted octanol–water partition coefficient (Wildman–Crippen LogP) is 0.591. The number of primary amides is 1. The summed E-state index contributed by atoms with van der Waals surface area (Å²) in [6.45, 7) is 5.70. The van der Waals surface area contributed by atoms with Gasteiger partial charge in [0, 0.05) is 12.3 Å². The highest BCUT2D eigenvalue weighted by Gasteiger charge is 2.35. The minimum absolute atomic E-state index is 0.0661. The quantitative estimate of drug-likeness (QED) is 0.685. The Hall–Kier alpha value is -1.43. The molecule has 1 aliphatic heterocycles. The van der Waals surface area contributed by atoms with E-state index in [9.17, 15) is 14.4 Å². The van der Waals surface area contributed by atoms with Crippen molar-refractivity contribution < 1.29 is 19.1 Å². The van der Waals surface area contributed by atoms with Crippen molar-refractivity contribution >= 4 is 17.6 Å². The van der Waals surface area contributed by atoms with E-state index in [1.165, 1.54) is 6.42 Å². The molecule has 0 spiro atoms. The van der Waals surface area contributed by atoms with Crippen LogP contribution in [0, 0.1) is 18.3 Å². The van der Waals surface area contributed by atoms with Gasteiger partial charge in [0.2, 0.25) is 11.8 Å². The summed E-state index contributed by atoms with van der Waals surface area (Å²) in [4.78, 5) is 34.5. The monoisotopic (exact) mass is 297 g/mol.